The van der Waals surface area contributed by atoms with Gasteiger partial charge >= 0.3 is 5.97 Å². The molecule has 0 saturated carbocycles. The second-order valence-electron chi connectivity index (χ2n) is 6.57. The molecule has 2 amide bonds. The normalized spacial score (nSPS) is 10.5. The van der Waals surface area contributed by atoms with Crippen LogP contribution < -0.4 is 10.6 Å². The Kier molecular flexibility index (Phi) is 7.28. The number of benzene rings is 2. The lowest BCUT2D eigenvalue weighted by atomic mass is 10.1. The Balaban J connectivity index is 1.93. The smallest absolute Gasteiger partial charge is 0.339 e. The van der Waals surface area contributed by atoms with Crippen molar-refractivity contribution in [3.63, 3.8) is 0 Å². The van der Waals surface area contributed by atoms with Crippen LogP contribution in [0.4, 0.5) is 11.4 Å². The number of likely N-dealkylation sites (N-methyl/N-ethyl adjacent to an activating group) is 1. The number of hydrogen-bond donors (Lipinski definition) is 2. The molecule has 2 aromatic carbocycles. The van der Waals surface area contributed by atoms with Crippen molar-refractivity contribution in [2.45, 2.75) is 13.8 Å². The van der Waals surface area contributed by atoms with Crippen molar-refractivity contribution in [3.8, 4) is 0 Å². The largest absolute Gasteiger partial charge is 0.465 e. The fourth-order valence-corrected chi connectivity index (χ4v) is 2.81. The summed E-state index contributed by atoms with van der Waals surface area (Å²) >= 11 is 0. The Morgan fingerprint density at radius 3 is 2.07 bits per heavy atom. The number of rotatable bonds is 7. The minimum Gasteiger partial charge on any atom is -0.465 e. The van der Waals surface area contributed by atoms with Gasteiger partial charge in [-0.25, -0.2) is 4.79 Å². The SMILES string of the molecule is COC(=O)c1ccccc1NC(=O)CN(C)CC(=O)Nc1c(C)cccc1C. The lowest BCUT2D eigenvalue weighted by molar-refractivity contribution is -0.119. The van der Waals surface area contributed by atoms with E-state index in [1.807, 2.05) is 32.0 Å². The van der Waals surface area contributed by atoms with Crippen LogP contribution in [0.1, 0.15) is 21.5 Å². The van der Waals surface area contributed by atoms with Crippen molar-refractivity contribution in [1.82, 2.24) is 4.90 Å². The predicted octanol–water partition coefficient (Wildman–Crippen LogP) is 2.60. The van der Waals surface area contributed by atoms with E-state index in [9.17, 15) is 14.4 Å². The number of anilines is 2. The quantitative estimate of drug-likeness (QED) is 0.718. The third kappa shape index (κ3) is 5.65. The summed E-state index contributed by atoms with van der Waals surface area (Å²) in [4.78, 5) is 38.0. The van der Waals surface area contributed by atoms with Crippen LogP contribution in [0, 0.1) is 13.8 Å². The van der Waals surface area contributed by atoms with Gasteiger partial charge in [-0.1, -0.05) is 30.3 Å². The van der Waals surface area contributed by atoms with E-state index in [0.29, 0.717) is 5.69 Å². The van der Waals surface area contributed by atoms with Crippen LogP contribution in [0.5, 0.6) is 0 Å². The van der Waals surface area contributed by atoms with Gasteiger partial charge in [-0.3, -0.25) is 14.5 Å². The molecule has 0 atom stereocenters. The molecular formula is C21H25N3O4. The molecule has 0 radical (unpaired) electrons. The Labute approximate surface area is 164 Å². The van der Waals surface area contributed by atoms with Crippen LogP contribution in [-0.4, -0.2) is 49.9 Å². The summed E-state index contributed by atoms with van der Waals surface area (Å²) < 4.78 is 4.71. The summed E-state index contributed by atoms with van der Waals surface area (Å²) in [7, 11) is 2.96. The summed E-state index contributed by atoms with van der Waals surface area (Å²) in [6, 6.07) is 12.4. The van der Waals surface area contributed by atoms with Gasteiger partial charge < -0.3 is 15.4 Å². The maximum atomic E-state index is 12.3. The van der Waals surface area contributed by atoms with E-state index in [0.717, 1.165) is 16.8 Å². The number of nitrogens with one attached hydrogen (secondary N) is 2. The Morgan fingerprint density at radius 1 is 0.893 bits per heavy atom. The second-order valence-corrected chi connectivity index (χ2v) is 6.57. The lowest BCUT2D eigenvalue weighted by Crippen LogP contribution is -2.36. The molecule has 7 nitrogen and oxygen atoms in total. The summed E-state index contributed by atoms with van der Waals surface area (Å²) in [6.45, 7) is 3.91. The Morgan fingerprint density at radius 2 is 1.46 bits per heavy atom. The number of nitrogens with zero attached hydrogens (tertiary/aromatic N) is 1. The van der Waals surface area contributed by atoms with Gasteiger partial charge in [-0.05, 0) is 44.2 Å². The van der Waals surface area contributed by atoms with Gasteiger partial charge in [0, 0.05) is 5.69 Å². The van der Waals surface area contributed by atoms with Crippen molar-refractivity contribution >= 4 is 29.2 Å². The molecule has 0 spiro atoms. The molecule has 7 heteroatoms. The summed E-state index contributed by atoms with van der Waals surface area (Å²) in [5.41, 5.74) is 3.39. The van der Waals surface area contributed by atoms with Gasteiger partial charge in [-0.2, -0.15) is 0 Å². The van der Waals surface area contributed by atoms with Crippen molar-refractivity contribution in [3.05, 3.63) is 59.2 Å². The molecule has 0 aliphatic heterocycles. The molecule has 0 aliphatic carbocycles. The van der Waals surface area contributed by atoms with Gasteiger partial charge in [0.05, 0.1) is 31.5 Å². The van der Waals surface area contributed by atoms with E-state index in [4.69, 9.17) is 4.74 Å². The highest BCUT2D eigenvalue weighted by atomic mass is 16.5. The molecule has 2 rings (SSSR count). The van der Waals surface area contributed by atoms with Gasteiger partial charge in [0.1, 0.15) is 0 Å². The predicted molar refractivity (Wildman–Crippen MR) is 108 cm³/mol. The molecular weight excluding hydrogens is 358 g/mol. The zero-order valence-electron chi connectivity index (χ0n) is 16.5. The molecule has 0 saturated heterocycles. The van der Waals surface area contributed by atoms with E-state index in [-0.39, 0.29) is 30.5 Å². The molecule has 0 fully saturated rings. The molecule has 0 bridgehead atoms. The van der Waals surface area contributed by atoms with Crippen LogP contribution in [0.3, 0.4) is 0 Å². The minimum absolute atomic E-state index is 0.00428. The zero-order valence-corrected chi connectivity index (χ0v) is 16.5. The van der Waals surface area contributed by atoms with Gasteiger partial charge in [-0.15, -0.1) is 0 Å². The molecule has 148 valence electrons. The highest BCUT2D eigenvalue weighted by Crippen LogP contribution is 2.19. The monoisotopic (exact) mass is 383 g/mol. The number of aryl methyl sites for hydroxylation is 2. The van der Waals surface area contributed by atoms with Crippen molar-refractivity contribution in [2.75, 3.05) is 37.9 Å². The Bertz CT molecular complexity index is 859. The van der Waals surface area contributed by atoms with E-state index in [2.05, 4.69) is 10.6 Å². The lowest BCUT2D eigenvalue weighted by Gasteiger charge is -2.18. The maximum Gasteiger partial charge on any atom is 0.339 e. The number of carbonyl (C=O) groups is 3. The number of para-hydroxylation sites is 2. The van der Waals surface area contributed by atoms with Crippen LogP contribution in [0.15, 0.2) is 42.5 Å². The van der Waals surface area contributed by atoms with E-state index in [1.165, 1.54) is 7.11 Å². The number of esters is 1. The van der Waals surface area contributed by atoms with Gasteiger partial charge in [0.15, 0.2) is 0 Å². The summed E-state index contributed by atoms with van der Waals surface area (Å²) in [5.74, 6) is -1.07. The number of amides is 2. The van der Waals surface area contributed by atoms with Gasteiger partial charge in [0.25, 0.3) is 0 Å². The van der Waals surface area contributed by atoms with Crippen molar-refractivity contribution < 1.29 is 19.1 Å². The zero-order chi connectivity index (χ0) is 20.7. The molecule has 0 aromatic heterocycles. The first kappa shape index (κ1) is 21.1. The first-order chi connectivity index (χ1) is 13.3. The van der Waals surface area contributed by atoms with Crippen LogP contribution >= 0.6 is 0 Å². The average molecular weight is 383 g/mol. The standard InChI is InChI=1S/C21H25N3O4/c1-14-8-7-9-15(2)20(14)23-19(26)13-24(3)12-18(25)22-17-11-6-5-10-16(17)21(27)28-4/h5-11H,12-13H2,1-4H3,(H,22,25)(H,23,26). The molecule has 0 aliphatic rings. The van der Waals surface area contributed by atoms with Gasteiger partial charge in [0.2, 0.25) is 11.8 Å². The third-order valence-electron chi connectivity index (χ3n) is 4.18. The van der Waals surface area contributed by atoms with E-state index >= 15 is 0 Å². The molecule has 28 heavy (non-hydrogen) atoms. The molecule has 2 N–H and O–H groups in total. The molecule has 0 unspecified atom stereocenters. The fourth-order valence-electron chi connectivity index (χ4n) is 2.81. The summed E-state index contributed by atoms with van der Waals surface area (Å²) in [5, 5.41) is 5.58. The van der Waals surface area contributed by atoms with E-state index in [1.54, 1.807) is 36.2 Å². The second kappa shape index (κ2) is 9.66. The first-order valence-electron chi connectivity index (χ1n) is 8.83. The Hall–Kier alpha value is -3.19. The van der Waals surface area contributed by atoms with Crippen LogP contribution in [0.25, 0.3) is 0 Å². The van der Waals surface area contributed by atoms with Crippen molar-refractivity contribution in [1.29, 1.82) is 0 Å². The highest BCUT2D eigenvalue weighted by molar-refractivity contribution is 6.02. The minimum atomic E-state index is -0.530. The number of carbonyl (C=O) groups excluding carboxylic acids is 3. The number of methoxy groups -OCH3 is 1. The fraction of sp³-hybridized carbons (Fsp3) is 0.286. The topological polar surface area (TPSA) is 87.7 Å². The number of hydrogen-bond acceptors (Lipinski definition) is 5. The number of ether oxygens (including phenoxy) is 1. The van der Waals surface area contributed by atoms with Crippen LogP contribution in [-0.2, 0) is 14.3 Å². The van der Waals surface area contributed by atoms with Crippen LogP contribution in [0.2, 0.25) is 0 Å². The highest BCUT2D eigenvalue weighted by Gasteiger charge is 2.16. The van der Waals surface area contributed by atoms with Crippen molar-refractivity contribution in [2.24, 2.45) is 0 Å². The molecule has 2 aromatic rings. The molecule has 0 heterocycles. The average Bonchev–Trinajstić information content (AvgIpc) is 2.64. The van der Waals surface area contributed by atoms with E-state index < -0.39 is 5.97 Å². The summed E-state index contributed by atoms with van der Waals surface area (Å²) in [6.07, 6.45) is 0. The maximum absolute atomic E-state index is 12.3. The first-order valence-corrected chi connectivity index (χ1v) is 8.83. The third-order valence-corrected chi connectivity index (χ3v) is 4.18.